The molecule has 6 rings (SSSR count). The third-order valence-corrected chi connectivity index (χ3v) is 6.96. The zero-order valence-corrected chi connectivity index (χ0v) is 17.2. The second-order valence-corrected chi connectivity index (χ2v) is 8.75. The summed E-state index contributed by atoms with van der Waals surface area (Å²) in [4.78, 5) is 45.0. The molecule has 8 heteroatoms. The molecular weight excluding hydrogens is 420 g/mol. The maximum absolute atomic E-state index is 13.3. The SMILES string of the molecule is CC(=O)c1ccc(N2C(=O)[C@@H]3[C@@H]4O[C@@H]([C@H]5C(c6ccc(Cl)cc6)=NO[C@@H]45)[C@@H]3C2=O)cc1. The number of oxime groups is 1. The number of nitrogens with zero attached hydrogens (tertiary/aromatic N) is 2. The molecule has 2 amide bonds. The number of hydrogen-bond acceptors (Lipinski definition) is 6. The zero-order chi connectivity index (χ0) is 21.4. The predicted octanol–water partition coefficient (Wildman–Crippen LogP) is 2.85. The summed E-state index contributed by atoms with van der Waals surface area (Å²) < 4.78 is 6.11. The van der Waals surface area contributed by atoms with E-state index in [9.17, 15) is 14.4 Å². The van der Waals surface area contributed by atoms with Crippen LogP contribution in [0.1, 0.15) is 22.8 Å². The summed E-state index contributed by atoms with van der Waals surface area (Å²) in [5, 5.41) is 4.88. The van der Waals surface area contributed by atoms with E-state index in [-0.39, 0.29) is 23.5 Å². The van der Waals surface area contributed by atoms with Gasteiger partial charge in [0.2, 0.25) is 11.8 Å². The lowest BCUT2D eigenvalue weighted by molar-refractivity contribution is -0.125. The van der Waals surface area contributed by atoms with E-state index in [0.29, 0.717) is 16.3 Å². The molecule has 4 aliphatic rings. The maximum Gasteiger partial charge on any atom is 0.240 e. The smallest absolute Gasteiger partial charge is 0.240 e. The monoisotopic (exact) mass is 436 g/mol. The summed E-state index contributed by atoms with van der Waals surface area (Å²) >= 11 is 6.00. The first-order chi connectivity index (χ1) is 15.0. The highest BCUT2D eigenvalue weighted by atomic mass is 35.5. The van der Waals surface area contributed by atoms with Crippen molar-refractivity contribution in [3.05, 3.63) is 64.7 Å². The van der Waals surface area contributed by atoms with Gasteiger partial charge >= 0.3 is 0 Å². The molecule has 0 aromatic heterocycles. The molecule has 0 saturated carbocycles. The van der Waals surface area contributed by atoms with Crippen molar-refractivity contribution in [1.82, 2.24) is 0 Å². The molecule has 3 fully saturated rings. The van der Waals surface area contributed by atoms with E-state index in [1.807, 2.05) is 12.1 Å². The van der Waals surface area contributed by atoms with Gasteiger partial charge in [0.25, 0.3) is 0 Å². The summed E-state index contributed by atoms with van der Waals surface area (Å²) in [5.74, 6) is -2.03. The predicted molar refractivity (Wildman–Crippen MR) is 111 cm³/mol. The van der Waals surface area contributed by atoms with Crippen molar-refractivity contribution in [2.24, 2.45) is 22.9 Å². The van der Waals surface area contributed by atoms with Crippen LogP contribution in [0.2, 0.25) is 5.02 Å². The van der Waals surface area contributed by atoms with Crippen LogP contribution in [0.25, 0.3) is 0 Å². The number of halogens is 1. The van der Waals surface area contributed by atoms with E-state index in [1.165, 1.54) is 11.8 Å². The van der Waals surface area contributed by atoms with Crippen molar-refractivity contribution in [2.75, 3.05) is 4.90 Å². The van der Waals surface area contributed by atoms with Crippen LogP contribution < -0.4 is 4.90 Å². The molecule has 0 N–H and O–H groups in total. The number of rotatable bonds is 3. The van der Waals surface area contributed by atoms with Crippen LogP contribution in [0, 0.1) is 17.8 Å². The van der Waals surface area contributed by atoms with Crippen LogP contribution in [0.4, 0.5) is 5.69 Å². The van der Waals surface area contributed by atoms with Gasteiger partial charge in [0.05, 0.1) is 35.3 Å². The first-order valence-corrected chi connectivity index (χ1v) is 10.5. The number of imide groups is 1. The van der Waals surface area contributed by atoms with E-state index in [4.69, 9.17) is 21.2 Å². The fourth-order valence-electron chi connectivity index (χ4n) is 5.32. The van der Waals surface area contributed by atoms with E-state index in [0.717, 1.165) is 11.3 Å². The van der Waals surface area contributed by atoms with Crippen molar-refractivity contribution >= 4 is 40.6 Å². The van der Waals surface area contributed by atoms with E-state index in [2.05, 4.69) is 5.16 Å². The van der Waals surface area contributed by atoms with Gasteiger partial charge in [-0.15, -0.1) is 0 Å². The van der Waals surface area contributed by atoms with Gasteiger partial charge in [0.15, 0.2) is 11.9 Å². The molecule has 3 saturated heterocycles. The number of hydrogen-bond donors (Lipinski definition) is 0. The van der Waals surface area contributed by atoms with E-state index >= 15 is 0 Å². The van der Waals surface area contributed by atoms with Crippen LogP contribution in [0.5, 0.6) is 0 Å². The molecular formula is C23H17ClN2O5. The number of carbonyl (C=O) groups excluding carboxylic acids is 3. The standard InChI is InChI=1S/C23H17ClN2O5/c1-10(27)11-4-8-14(9-5-11)26-22(28)15-16(23(26)29)20-21-17(19(15)30-20)18(25-31-21)12-2-6-13(24)7-3-12/h2-9,15-17,19-21H,1H3/t15-,16+,17-,19-,20+,21-/m1/s1. The highest BCUT2D eigenvalue weighted by Gasteiger charge is 2.72. The van der Waals surface area contributed by atoms with Crippen molar-refractivity contribution in [2.45, 2.75) is 25.2 Å². The number of anilines is 1. The van der Waals surface area contributed by atoms with Gasteiger partial charge in [-0.05, 0) is 48.9 Å². The van der Waals surface area contributed by atoms with Gasteiger partial charge in [-0.3, -0.25) is 14.4 Å². The average molecular weight is 437 g/mol. The van der Waals surface area contributed by atoms with Gasteiger partial charge in [-0.1, -0.05) is 28.9 Å². The van der Waals surface area contributed by atoms with E-state index < -0.39 is 30.1 Å². The second-order valence-electron chi connectivity index (χ2n) is 8.31. The number of benzene rings is 2. The summed E-state index contributed by atoms with van der Waals surface area (Å²) in [6, 6.07) is 13.8. The molecule has 4 aliphatic heterocycles. The van der Waals surface area contributed by atoms with E-state index in [1.54, 1.807) is 36.4 Å². The van der Waals surface area contributed by atoms with Gasteiger partial charge in [0.1, 0.15) is 6.10 Å². The Hall–Kier alpha value is -3.03. The Morgan fingerprint density at radius 2 is 1.55 bits per heavy atom. The number of ether oxygens (including phenoxy) is 1. The van der Waals surface area contributed by atoms with Gasteiger partial charge in [-0.2, -0.15) is 0 Å². The van der Waals surface area contributed by atoms with Crippen LogP contribution in [-0.2, 0) is 19.2 Å². The Balaban J connectivity index is 1.32. The number of carbonyl (C=O) groups is 3. The topological polar surface area (TPSA) is 85.3 Å². The lowest BCUT2D eigenvalue weighted by atomic mass is 9.71. The van der Waals surface area contributed by atoms with Crippen LogP contribution >= 0.6 is 11.6 Å². The lowest BCUT2D eigenvalue weighted by Crippen LogP contribution is -2.45. The Bertz CT molecular complexity index is 1160. The van der Waals surface area contributed by atoms with Crippen LogP contribution in [0.15, 0.2) is 53.7 Å². The third-order valence-electron chi connectivity index (χ3n) is 6.71. The zero-order valence-electron chi connectivity index (χ0n) is 16.4. The van der Waals surface area contributed by atoms with Gasteiger partial charge < -0.3 is 9.57 Å². The Morgan fingerprint density at radius 1 is 0.903 bits per heavy atom. The second kappa shape index (κ2) is 6.48. The quantitative estimate of drug-likeness (QED) is 0.545. The fraction of sp³-hybridized carbons (Fsp3) is 0.304. The molecule has 31 heavy (non-hydrogen) atoms. The molecule has 4 heterocycles. The largest absolute Gasteiger partial charge is 0.389 e. The van der Waals surface area contributed by atoms with Gasteiger partial charge in [0, 0.05) is 10.6 Å². The Morgan fingerprint density at radius 3 is 2.19 bits per heavy atom. The van der Waals surface area contributed by atoms with Crippen molar-refractivity contribution in [3.63, 3.8) is 0 Å². The first-order valence-electron chi connectivity index (χ1n) is 10.1. The minimum Gasteiger partial charge on any atom is -0.389 e. The number of fused-ring (bicyclic) bond motifs is 8. The summed E-state index contributed by atoms with van der Waals surface area (Å²) in [6.07, 6.45) is -1.39. The molecule has 0 spiro atoms. The fourth-order valence-corrected chi connectivity index (χ4v) is 5.44. The number of Topliss-reactive ketones (excluding diaryl/α,β-unsaturated/α-hetero) is 1. The highest BCUT2D eigenvalue weighted by molar-refractivity contribution is 6.30. The minimum absolute atomic E-state index is 0.0760. The molecule has 2 bridgehead atoms. The lowest BCUT2D eigenvalue weighted by Gasteiger charge is -2.26. The average Bonchev–Trinajstić information content (AvgIpc) is 3.49. The van der Waals surface area contributed by atoms with Gasteiger partial charge in [-0.25, -0.2) is 4.90 Å². The van der Waals surface area contributed by atoms with Crippen molar-refractivity contribution in [1.29, 1.82) is 0 Å². The normalized spacial score (nSPS) is 32.7. The molecule has 0 unspecified atom stereocenters. The summed E-state index contributed by atoms with van der Waals surface area (Å²) in [5.41, 5.74) is 2.57. The summed E-state index contributed by atoms with van der Waals surface area (Å²) in [7, 11) is 0. The molecule has 0 aliphatic carbocycles. The van der Waals surface area contributed by atoms with Crippen molar-refractivity contribution in [3.8, 4) is 0 Å². The van der Waals surface area contributed by atoms with Crippen LogP contribution in [-0.4, -0.2) is 41.6 Å². The maximum atomic E-state index is 13.3. The molecule has 6 atom stereocenters. The first kappa shape index (κ1) is 18.7. The molecule has 156 valence electrons. The number of amides is 2. The third kappa shape index (κ3) is 2.50. The van der Waals surface area contributed by atoms with Crippen LogP contribution in [0.3, 0.4) is 0 Å². The summed E-state index contributed by atoms with van der Waals surface area (Å²) in [6.45, 7) is 1.47. The molecule has 2 aromatic rings. The minimum atomic E-state index is -0.592. The Labute approximate surface area is 182 Å². The Kier molecular flexibility index (Phi) is 3.91. The highest BCUT2D eigenvalue weighted by Crippen LogP contribution is 2.55. The number of ketones is 1. The molecule has 0 radical (unpaired) electrons. The molecule has 7 nitrogen and oxygen atoms in total. The molecule has 2 aromatic carbocycles. The van der Waals surface area contributed by atoms with Crippen molar-refractivity contribution < 1.29 is 24.0 Å².